The van der Waals surface area contributed by atoms with Crippen molar-refractivity contribution in [3.63, 3.8) is 0 Å². The van der Waals surface area contributed by atoms with Crippen molar-refractivity contribution in [2.24, 2.45) is 0 Å². The lowest BCUT2D eigenvalue weighted by molar-refractivity contribution is 0.0520. The lowest BCUT2D eigenvalue weighted by atomic mass is 10.2. The summed E-state index contributed by atoms with van der Waals surface area (Å²) in [6, 6.07) is 9.51. The molecule has 3 aromatic heterocycles. The summed E-state index contributed by atoms with van der Waals surface area (Å²) >= 11 is 0. The minimum Gasteiger partial charge on any atom is -0.461 e. The normalized spacial score (nSPS) is 10.5. The molecule has 0 radical (unpaired) electrons. The summed E-state index contributed by atoms with van der Waals surface area (Å²) in [6.07, 6.45) is 7.24. The van der Waals surface area contributed by atoms with Crippen LogP contribution in [0.2, 0.25) is 0 Å². The van der Waals surface area contributed by atoms with E-state index in [1.807, 2.05) is 50.3 Å². The highest BCUT2D eigenvalue weighted by molar-refractivity contribution is 5.88. The molecule has 5 nitrogen and oxygen atoms in total. The number of nitrogens with one attached hydrogen (secondary N) is 1. The number of ether oxygens (including phenoxy) is 1. The van der Waals surface area contributed by atoms with Crippen LogP contribution in [-0.4, -0.2) is 27.5 Å². The third-order valence-electron chi connectivity index (χ3n) is 3.13. The molecule has 0 aliphatic carbocycles. The van der Waals surface area contributed by atoms with Gasteiger partial charge in [-0.3, -0.25) is 0 Å². The molecule has 5 heteroatoms. The average molecular weight is 323 g/mol. The molecule has 0 fully saturated rings. The number of hydrogen-bond acceptors (Lipinski definition) is 4. The number of rotatable bonds is 4. The number of nitrogens with zero attached hydrogens (tertiary/aromatic N) is 2. The van der Waals surface area contributed by atoms with Crippen LogP contribution < -0.4 is 0 Å². The fraction of sp³-hybridized carbons (Fsp3) is 0.211. The molecular formula is C19H21N3O2. The van der Waals surface area contributed by atoms with Gasteiger partial charge in [-0.2, -0.15) is 0 Å². The third kappa shape index (κ3) is 4.29. The summed E-state index contributed by atoms with van der Waals surface area (Å²) in [5, 5.41) is 1.01. The van der Waals surface area contributed by atoms with Crippen molar-refractivity contribution in [3.8, 4) is 0 Å². The third-order valence-corrected chi connectivity index (χ3v) is 3.13. The van der Waals surface area contributed by atoms with Crippen molar-refractivity contribution < 1.29 is 9.53 Å². The number of hydrogen-bond donors (Lipinski definition) is 1. The van der Waals surface area contributed by atoms with Crippen molar-refractivity contribution >= 4 is 29.2 Å². The number of aromatic nitrogens is 3. The summed E-state index contributed by atoms with van der Waals surface area (Å²) < 4.78 is 4.94. The molecule has 0 aromatic carbocycles. The molecule has 3 aromatic rings. The summed E-state index contributed by atoms with van der Waals surface area (Å²) in [5.41, 5.74) is 2.84. The van der Waals surface area contributed by atoms with Crippen LogP contribution in [0.5, 0.6) is 0 Å². The number of fused-ring (bicyclic) bond motifs is 1. The fourth-order valence-electron chi connectivity index (χ4n) is 2.08. The van der Waals surface area contributed by atoms with Crippen LogP contribution in [0.4, 0.5) is 0 Å². The summed E-state index contributed by atoms with van der Waals surface area (Å²) in [7, 11) is 0. The highest BCUT2D eigenvalue weighted by Crippen LogP contribution is 2.13. The van der Waals surface area contributed by atoms with Crippen molar-refractivity contribution in [1.29, 1.82) is 0 Å². The Hall–Kier alpha value is -2.95. The molecule has 3 heterocycles. The smallest absolute Gasteiger partial charge is 0.354 e. The van der Waals surface area contributed by atoms with Crippen molar-refractivity contribution in [1.82, 2.24) is 15.0 Å². The predicted molar refractivity (Wildman–Crippen MR) is 96.6 cm³/mol. The van der Waals surface area contributed by atoms with Gasteiger partial charge in [-0.15, -0.1) is 0 Å². The molecule has 0 saturated heterocycles. The van der Waals surface area contributed by atoms with Gasteiger partial charge in [0.25, 0.3) is 0 Å². The molecule has 124 valence electrons. The molecule has 0 bridgehead atoms. The standard InChI is InChI=1S/C17H15N3O2.C2H6/c1-2-22-17(21)15-10-12(11-19-15)5-7-14-8-6-13-4-3-9-18-16(13)20-14;1-2/h3-11,19H,2H2,1H3;1-2H3/b7-5+;. The van der Waals surface area contributed by atoms with E-state index in [4.69, 9.17) is 4.74 Å². The molecule has 3 rings (SSSR count). The van der Waals surface area contributed by atoms with Gasteiger partial charge in [-0.05, 0) is 48.9 Å². The Bertz CT molecular complexity index is 837. The first-order chi connectivity index (χ1) is 11.8. The molecule has 0 aliphatic rings. The molecule has 0 atom stereocenters. The van der Waals surface area contributed by atoms with Gasteiger partial charge in [0.1, 0.15) is 5.69 Å². The lowest BCUT2D eigenvalue weighted by Crippen LogP contribution is -2.04. The van der Waals surface area contributed by atoms with E-state index in [2.05, 4.69) is 15.0 Å². The van der Waals surface area contributed by atoms with E-state index in [1.165, 1.54) is 0 Å². The number of carbonyl (C=O) groups excluding carboxylic acids is 1. The number of carbonyl (C=O) groups is 1. The molecule has 0 amide bonds. The molecule has 0 aliphatic heterocycles. The average Bonchev–Trinajstić information content (AvgIpc) is 3.11. The molecule has 0 unspecified atom stereocenters. The van der Waals surface area contributed by atoms with E-state index in [-0.39, 0.29) is 5.97 Å². The number of esters is 1. The number of H-pyrrole nitrogens is 1. The summed E-state index contributed by atoms with van der Waals surface area (Å²) in [4.78, 5) is 23.2. The van der Waals surface area contributed by atoms with E-state index in [0.717, 1.165) is 16.6 Å². The quantitative estimate of drug-likeness (QED) is 0.726. The van der Waals surface area contributed by atoms with Crippen LogP contribution in [0.3, 0.4) is 0 Å². The number of pyridine rings is 2. The Morgan fingerprint density at radius 3 is 2.88 bits per heavy atom. The fourth-order valence-corrected chi connectivity index (χ4v) is 2.08. The maximum absolute atomic E-state index is 11.6. The van der Waals surface area contributed by atoms with Gasteiger partial charge in [-0.25, -0.2) is 14.8 Å². The van der Waals surface area contributed by atoms with Crippen LogP contribution in [0.25, 0.3) is 23.2 Å². The minimum absolute atomic E-state index is 0.352. The lowest BCUT2D eigenvalue weighted by Gasteiger charge is -1.97. The first-order valence-corrected chi connectivity index (χ1v) is 8.01. The van der Waals surface area contributed by atoms with Gasteiger partial charge in [-0.1, -0.05) is 19.9 Å². The van der Waals surface area contributed by atoms with Gasteiger partial charge >= 0.3 is 5.97 Å². The zero-order valence-corrected chi connectivity index (χ0v) is 14.1. The predicted octanol–water partition coefficient (Wildman–Crippen LogP) is 4.33. The topological polar surface area (TPSA) is 67.9 Å². The van der Waals surface area contributed by atoms with E-state index in [9.17, 15) is 4.79 Å². The Labute approximate surface area is 141 Å². The Morgan fingerprint density at radius 2 is 2.08 bits per heavy atom. The largest absolute Gasteiger partial charge is 0.461 e. The van der Waals surface area contributed by atoms with E-state index >= 15 is 0 Å². The first kappa shape index (κ1) is 17.4. The second-order valence-corrected chi connectivity index (χ2v) is 4.69. The molecule has 24 heavy (non-hydrogen) atoms. The zero-order chi connectivity index (χ0) is 17.4. The van der Waals surface area contributed by atoms with E-state index < -0.39 is 0 Å². The van der Waals surface area contributed by atoms with Crippen LogP contribution in [0, 0.1) is 0 Å². The van der Waals surface area contributed by atoms with Crippen LogP contribution in [0.1, 0.15) is 42.5 Å². The maximum Gasteiger partial charge on any atom is 0.354 e. The van der Waals surface area contributed by atoms with Crippen molar-refractivity contribution in [3.05, 3.63) is 59.7 Å². The van der Waals surface area contributed by atoms with Crippen molar-refractivity contribution in [2.45, 2.75) is 20.8 Å². The SMILES string of the molecule is CC.CCOC(=O)c1cc(/C=C/c2ccc3cccnc3n2)c[nH]1. The second-order valence-electron chi connectivity index (χ2n) is 4.69. The van der Waals surface area contributed by atoms with Gasteiger partial charge in [0.05, 0.1) is 12.3 Å². The molecule has 0 saturated carbocycles. The summed E-state index contributed by atoms with van der Waals surface area (Å²) in [6.45, 7) is 6.14. The summed E-state index contributed by atoms with van der Waals surface area (Å²) in [5.74, 6) is -0.352. The van der Waals surface area contributed by atoms with E-state index in [1.54, 1.807) is 25.4 Å². The van der Waals surface area contributed by atoms with E-state index in [0.29, 0.717) is 17.9 Å². The second kappa shape index (κ2) is 8.62. The number of aromatic amines is 1. The Kier molecular flexibility index (Phi) is 6.25. The molecular weight excluding hydrogens is 302 g/mol. The maximum atomic E-state index is 11.6. The Morgan fingerprint density at radius 1 is 1.25 bits per heavy atom. The molecule has 1 N–H and O–H groups in total. The van der Waals surface area contributed by atoms with Crippen molar-refractivity contribution in [2.75, 3.05) is 6.61 Å². The monoisotopic (exact) mass is 323 g/mol. The highest BCUT2D eigenvalue weighted by atomic mass is 16.5. The first-order valence-electron chi connectivity index (χ1n) is 8.01. The van der Waals surface area contributed by atoms with Crippen LogP contribution >= 0.6 is 0 Å². The van der Waals surface area contributed by atoms with Gasteiger partial charge in [0.15, 0.2) is 5.65 Å². The van der Waals surface area contributed by atoms with Crippen LogP contribution in [0.15, 0.2) is 42.7 Å². The minimum atomic E-state index is -0.352. The van der Waals surface area contributed by atoms with Crippen LogP contribution in [-0.2, 0) is 4.74 Å². The zero-order valence-electron chi connectivity index (χ0n) is 14.1. The molecule has 0 spiro atoms. The van der Waals surface area contributed by atoms with Gasteiger partial charge in [0, 0.05) is 17.8 Å². The Balaban J connectivity index is 0.00000100. The van der Waals surface area contributed by atoms with Gasteiger partial charge < -0.3 is 9.72 Å². The highest BCUT2D eigenvalue weighted by Gasteiger charge is 2.07. The van der Waals surface area contributed by atoms with Gasteiger partial charge in [0.2, 0.25) is 0 Å².